The van der Waals surface area contributed by atoms with Crippen molar-refractivity contribution in [2.75, 3.05) is 11.8 Å². The summed E-state index contributed by atoms with van der Waals surface area (Å²) in [6.45, 7) is 0. The largest absolute Gasteiger partial charge is 0.495 e. The van der Waals surface area contributed by atoms with E-state index in [0.717, 1.165) is 6.07 Å². The fourth-order valence-electron chi connectivity index (χ4n) is 2.04. The Labute approximate surface area is 152 Å². The summed E-state index contributed by atoms with van der Waals surface area (Å²) in [5.41, 5.74) is 4.15. The van der Waals surface area contributed by atoms with E-state index < -0.39 is 43.2 Å². The average molecular weight is 403 g/mol. The number of benzene rings is 2. The molecule has 11 heteroatoms. The Balaban J connectivity index is 2.57. The van der Waals surface area contributed by atoms with E-state index in [4.69, 9.17) is 27.2 Å². The van der Waals surface area contributed by atoms with Gasteiger partial charge >= 0.3 is 5.97 Å². The van der Waals surface area contributed by atoms with Crippen LogP contribution in [-0.2, 0) is 10.0 Å². The number of carboxylic acid groups (broad SMARTS) is 1. The number of anilines is 1. The van der Waals surface area contributed by atoms with Crippen molar-refractivity contribution in [3.63, 3.8) is 0 Å². The van der Waals surface area contributed by atoms with Crippen LogP contribution in [0.2, 0.25) is 5.02 Å². The third-order valence-electron chi connectivity index (χ3n) is 3.27. The predicted octanol–water partition coefficient (Wildman–Crippen LogP) is 2.09. The molecule has 0 aliphatic heterocycles. The first-order valence-electron chi connectivity index (χ1n) is 6.80. The number of hydrogen-bond donors (Lipinski definition) is 3. The number of nitrogens with two attached hydrogens (primary N) is 1. The van der Waals surface area contributed by atoms with Crippen LogP contribution in [0.15, 0.2) is 35.2 Å². The molecule has 0 atom stereocenters. The van der Waals surface area contributed by atoms with E-state index in [1.807, 2.05) is 0 Å². The summed E-state index contributed by atoms with van der Waals surface area (Å²) >= 11 is 5.75. The van der Waals surface area contributed by atoms with Crippen LogP contribution in [0.3, 0.4) is 0 Å². The Hall–Kier alpha value is -2.85. The summed E-state index contributed by atoms with van der Waals surface area (Å²) in [6, 6.07) is 4.94. The van der Waals surface area contributed by atoms with Gasteiger partial charge in [0.25, 0.3) is 10.0 Å². The van der Waals surface area contributed by atoms with Crippen molar-refractivity contribution in [1.29, 1.82) is 0 Å². The van der Waals surface area contributed by atoms with Crippen LogP contribution >= 0.6 is 11.6 Å². The molecule has 0 aromatic heterocycles. The minimum absolute atomic E-state index is 0.0000666. The van der Waals surface area contributed by atoms with Crippen LogP contribution in [0.5, 0.6) is 5.75 Å². The van der Waals surface area contributed by atoms with E-state index in [1.165, 1.54) is 19.2 Å². The highest BCUT2D eigenvalue weighted by Gasteiger charge is 2.24. The fraction of sp³-hybridized carbons (Fsp3) is 0.0667. The topological polar surface area (TPSA) is 136 Å². The van der Waals surface area contributed by atoms with Gasteiger partial charge in [0.2, 0.25) is 5.91 Å². The van der Waals surface area contributed by atoms with Crippen molar-refractivity contribution < 1.29 is 32.2 Å². The number of rotatable bonds is 6. The van der Waals surface area contributed by atoms with Crippen LogP contribution in [0.1, 0.15) is 20.7 Å². The molecule has 0 unspecified atom stereocenters. The van der Waals surface area contributed by atoms with Gasteiger partial charge in [-0.2, -0.15) is 0 Å². The summed E-state index contributed by atoms with van der Waals surface area (Å²) < 4.78 is 45.9. The number of amides is 1. The molecule has 0 radical (unpaired) electrons. The molecule has 0 aliphatic rings. The monoisotopic (exact) mass is 402 g/mol. The maximum Gasteiger partial charge on any atom is 0.338 e. The molecule has 0 aliphatic carbocycles. The summed E-state index contributed by atoms with van der Waals surface area (Å²) in [5.74, 6) is -3.59. The van der Waals surface area contributed by atoms with Gasteiger partial charge in [-0.15, -0.1) is 0 Å². The predicted molar refractivity (Wildman–Crippen MR) is 90.7 cm³/mol. The van der Waals surface area contributed by atoms with E-state index >= 15 is 0 Å². The number of carboxylic acids is 1. The van der Waals surface area contributed by atoms with Gasteiger partial charge in [0, 0.05) is 5.56 Å². The second-order valence-electron chi connectivity index (χ2n) is 4.95. The molecule has 4 N–H and O–H groups in total. The smallest absolute Gasteiger partial charge is 0.338 e. The van der Waals surface area contributed by atoms with Gasteiger partial charge in [-0.3, -0.25) is 9.52 Å². The first kappa shape index (κ1) is 19.5. The average Bonchev–Trinajstić information content (AvgIpc) is 2.53. The Kier molecular flexibility index (Phi) is 5.38. The Morgan fingerprint density at radius 3 is 2.46 bits per heavy atom. The molecule has 0 heterocycles. The van der Waals surface area contributed by atoms with Crippen molar-refractivity contribution in [3.05, 3.63) is 52.3 Å². The van der Waals surface area contributed by atoms with Gasteiger partial charge in [0.05, 0.1) is 23.4 Å². The second-order valence-corrected chi connectivity index (χ2v) is 7.01. The SMILES string of the molecule is COc1ccc(C(N)=O)cc1NS(=O)(=O)c1cc(C(=O)O)c(F)cc1Cl. The highest BCUT2D eigenvalue weighted by Crippen LogP contribution is 2.31. The molecule has 8 nitrogen and oxygen atoms in total. The molecule has 0 bridgehead atoms. The van der Waals surface area contributed by atoms with E-state index in [2.05, 4.69) is 4.72 Å². The highest BCUT2D eigenvalue weighted by atomic mass is 35.5. The first-order chi connectivity index (χ1) is 12.1. The third kappa shape index (κ3) is 3.86. The second kappa shape index (κ2) is 7.18. The van der Waals surface area contributed by atoms with E-state index in [-0.39, 0.29) is 17.0 Å². The van der Waals surface area contributed by atoms with Gasteiger partial charge in [0.1, 0.15) is 16.5 Å². The van der Waals surface area contributed by atoms with Gasteiger partial charge in [-0.25, -0.2) is 17.6 Å². The molecule has 0 spiro atoms. The summed E-state index contributed by atoms with van der Waals surface area (Å²) in [7, 11) is -3.17. The van der Waals surface area contributed by atoms with Crippen LogP contribution in [0, 0.1) is 5.82 Å². The molecule has 2 aromatic rings. The number of hydrogen-bond acceptors (Lipinski definition) is 5. The molecular formula is C15H12ClFN2O6S. The molecule has 138 valence electrons. The minimum Gasteiger partial charge on any atom is -0.495 e. The third-order valence-corrected chi connectivity index (χ3v) is 5.10. The summed E-state index contributed by atoms with van der Waals surface area (Å²) in [4.78, 5) is 21.6. The lowest BCUT2D eigenvalue weighted by molar-refractivity contribution is 0.0691. The lowest BCUT2D eigenvalue weighted by Crippen LogP contribution is -2.17. The van der Waals surface area contributed by atoms with E-state index in [0.29, 0.717) is 12.1 Å². The maximum atomic E-state index is 13.6. The van der Waals surface area contributed by atoms with Gasteiger partial charge in [-0.05, 0) is 30.3 Å². The lowest BCUT2D eigenvalue weighted by Gasteiger charge is -2.14. The Morgan fingerprint density at radius 2 is 1.92 bits per heavy atom. The number of ether oxygens (including phenoxy) is 1. The van der Waals surface area contributed by atoms with Crippen molar-refractivity contribution in [1.82, 2.24) is 0 Å². The molecule has 0 saturated heterocycles. The van der Waals surface area contributed by atoms with Gasteiger partial charge < -0.3 is 15.6 Å². The number of carbonyl (C=O) groups is 2. The summed E-state index contributed by atoms with van der Waals surface area (Å²) in [6.07, 6.45) is 0. The standard InChI is InChI=1S/C15H12ClFN2O6S/c1-25-12-3-2-7(14(18)20)4-11(12)19-26(23,24)13-5-8(15(21)22)10(17)6-9(13)16/h2-6,19H,1H3,(H2,18,20)(H,21,22). The van der Waals surface area contributed by atoms with Crippen molar-refractivity contribution in [2.24, 2.45) is 5.73 Å². The van der Waals surface area contributed by atoms with Crippen LogP contribution < -0.4 is 15.2 Å². The van der Waals surface area contributed by atoms with Crippen LogP contribution in [-0.4, -0.2) is 32.5 Å². The molecule has 0 saturated carbocycles. The van der Waals surface area contributed by atoms with Crippen molar-refractivity contribution >= 4 is 39.2 Å². The number of halogens is 2. The molecule has 26 heavy (non-hydrogen) atoms. The van der Waals surface area contributed by atoms with E-state index in [9.17, 15) is 22.4 Å². The zero-order valence-corrected chi connectivity index (χ0v) is 14.7. The van der Waals surface area contributed by atoms with Crippen molar-refractivity contribution in [3.8, 4) is 5.75 Å². The number of methoxy groups -OCH3 is 1. The Morgan fingerprint density at radius 1 is 1.27 bits per heavy atom. The zero-order valence-electron chi connectivity index (χ0n) is 13.1. The Bertz CT molecular complexity index is 1010. The molecular weight excluding hydrogens is 391 g/mol. The molecule has 2 aromatic carbocycles. The first-order valence-corrected chi connectivity index (χ1v) is 8.66. The van der Waals surface area contributed by atoms with Crippen molar-refractivity contribution in [2.45, 2.75) is 4.90 Å². The van der Waals surface area contributed by atoms with Crippen LogP contribution in [0.4, 0.5) is 10.1 Å². The zero-order chi connectivity index (χ0) is 19.6. The fourth-order valence-corrected chi connectivity index (χ4v) is 3.64. The molecule has 1 amide bonds. The quantitative estimate of drug-likeness (QED) is 0.676. The number of nitrogens with one attached hydrogen (secondary N) is 1. The van der Waals surface area contributed by atoms with Gasteiger partial charge in [0.15, 0.2) is 0 Å². The minimum atomic E-state index is -4.44. The summed E-state index contributed by atoms with van der Waals surface area (Å²) in [5, 5.41) is 8.42. The normalized spacial score (nSPS) is 11.0. The number of carbonyl (C=O) groups excluding carboxylic acids is 1. The number of aromatic carboxylic acids is 1. The van der Waals surface area contributed by atoms with Gasteiger partial charge in [-0.1, -0.05) is 11.6 Å². The maximum absolute atomic E-state index is 13.6. The lowest BCUT2D eigenvalue weighted by atomic mass is 10.2. The highest BCUT2D eigenvalue weighted by molar-refractivity contribution is 7.92. The van der Waals surface area contributed by atoms with E-state index in [1.54, 1.807) is 0 Å². The van der Waals surface area contributed by atoms with Crippen LogP contribution in [0.25, 0.3) is 0 Å². The number of primary amides is 1. The molecule has 2 rings (SSSR count). The molecule has 0 fully saturated rings. The number of sulfonamides is 1.